The normalized spacial score (nSPS) is 12.4. The maximum absolute atomic E-state index is 10.4. The summed E-state index contributed by atoms with van der Waals surface area (Å²) in [6.45, 7) is 0. The molecule has 0 spiro atoms. The molecule has 0 heterocycles. The van der Waals surface area contributed by atoms with Crippen LogP contribution in [0.2, 0.25) is 0 Å². The highest BCUT2D eigenvalue weighted by molar-refractivity contribution is 8.76. The van der Waals surface area contributed by atoms with Crippen molar-refractivity contribution in [3.05, 3.63) is 30.3 Å². The SMILES string of the molecule is N[C@@H](CSSc1ccccc1)C(=O)O. The molecule has 0 saturated carbocycles. The molecule has 0 bridgehead atoms. The van der Waals surface area contributed by atoms with Gasteiger partial charge in [-0.3, -0.25) is 4.79 Å². The lowest BCUT2D eigenvalue weighted by Gasteiger charge is -2.04. The Bertz CT molecular complexity index is 292. The van der Waals surface area contributed by atoms with E-state index in [0.29, 0.717) is 5.75 Å². The predicted molar refractivity (Wildman–Crippen MR) is 60.4 cm³/mol. The Morgan fingerprint density at radius 2 is 2.07 bits per heavy atom. The molecule has 0 saturated heterocycles. The Morgan fingerprint density at radius 3 is 2.64 bits per heavy atom. The molecule has 0 unspecified atom stereocenters. The first-order valence-corrected chi connectivity index (χ1v) is 6.35. The molecule has 5 heteroatoms. The first-order valence-electron chi connectivity index (χ1n) is 4.03. The minimum Gasteiger partial charge on any atom is -0.480 e. The molecule has 0 radical (unpaired) electrons. The second kappa shape index (κ2) is 5.95. The van der Waals surface area contributed by atoms with Crippen LogP contribution >= 0.6 is 21.6 Å². The molecule has 1 aromatic carbocycles. The summed E-state index contributed by atoms with van der Waals surface area (Å²) in [6, 6.07) is 9.00. The molecule has 0 aliphatic carbocycles. The Labute approximate surface area is 90.5 Å². The van der Waals surface area contributed by atoms with E-state index in [1.807, 2.05) is 30.3 Å². The summed E-state index contributed by atoms with van der Waals surface area (Å²) in [4.78, 5) is 11.5. The van der Waals surface area contributed by atoms with Crippen molar-refractivity contribution in [1.29, 1.82) is 0 Å². The summed E-state index contributed by atoms with van der Waals surface area (Å²) >= 11 is 0. The lowest BCUT2D eigenvalue weighted by molar-refractivity contribution is -0.137. The van der Waals surface area contributed by atoms with Gasteiger partial charge in [0.05, 0.1) is 0 Å². The molecule has 1 rings (SSSR count). The quantitative estimate of drug-likeness (QED) is 0.754. The fraction of sp³-hybridized carbons (Fsp3) is 0.222. The number of benzene rings is 1. The molecule has 3 nitrogen and oxygen atoms in total. The first kappa shape index (κ1) is 11.4. The van der Waals surface area contributed by atoms with Crippen molar-refractivity contribution in [3.8, 4) is 0 Å². The van der Waals surface area contributed by atoms with E-state index in [1.54, 1.807) is 0 Å². The average Bonchev–Trinajstić information content (AvgIpc) is 2.19. The van der Waals surface area contributed by atoms with E-state index in [4.69, 9.17) is 10.8 Å². The van der Waals surface area contributed by atoms with Gasteiger partial charge in [-0.25, -0.2) is 0 Å². The zero-order valence-electron chi connectivity index (χ0n) is 7.42. The van der Waals surface area contributed by atoms with Gasteiger partial charge >= 0.3 is 5.97 Å². The van der Waals surface area contributed by atoms with Gasteiger partial charge in [-0.2, -0.15) is 0 Å². The fourth-order valence-electron chi connectivity index (χ4n) is 0.723. The lowest BCUT2D eigenvalue weighted by Crippen LogP contribution is -2.32. The number of hydrogen-bond acceptors (Lipinski definition) is 4. The largest absolute Gasteiger partial charge is 0.480 e. The van der Waals surface area contributed by atoms with Crippen molar-refractivity contribution in [3.63, 3.8) is 0 Å². The molecule has 0 aliphatic heterocycles. The van der Waals surface area contributed by atoms with Crippen LogP contribution in [0.3, 0.4) is 0 Å². The number of rotatable bonds is 5. The molecule has 0 aliphatic rings. The van der Waals surface area contributed by atoms with E-state index < -0.39 is 12.0 Å². The second-order valence-corrected chi connectivity index (χ2v) is 5.04. The highest BCUT2D eigenvalue weighted by Gasteiger charge is 2.10. The maximum atomic E-state index is 10.4. The number of hydrogen-bond donors (Lipinski definition) is 2. The minimum atomic E-state index is -0.953. The van der Waals surface area contributed by atoms with Gasteiger partial charge in [-0.05, 0) is 12.1 Å². The lowest BCUT2D eigenvalue weighted by atomic mass is 10.4. The van der Waals surface area contributed by atoms with E-state index >= 15 is 0 Å². The topological polar surface area (TPSA) is 63.3 Å². The summed E-state index contributed by atoms with van der Waals surface area (Å²) in [5.74, 6) is -0.541. The van der Waals surface area contributed by atoms with Crippen molar-refractivity contribution in [2.45, 2.75) is 10.9 Å². The van der Waals surface area contributed by atoms with E-state index in [-0.39, 0.29) is 0 Å². The summed E-state index contributed by atoms with van der Waals surface area (Å²) < 4.78 is 0. The van der Waals surface area contributed by atoms with Gasteiger partial charge in [0.15, 0.2) is 0 Å². The molecular weight excluding hydrogens is 218 g/mol. The maximum Gasteiger partial charge on any atom is 0.321 e. The molecule has 1 atom stereocenters. The number of carbonyl (C=O) groups is 1. The van der Waals surface area contributed by atoms with Gasteiger partial charge in [0, 0.05) is 10.6 Å². The van der Waals surface area contributed by atoms with E-state index in [2.05, 4.69) is 0 Å². The number of nitrogens with two attached hydrogens (primary N) is 1. The van der Waals surface area contributed by atoms with Crippen molar-refractivity contribution < 1.29 is 9.90 Å². The van der Waals surface area contributed by atoms with Crippen LogP contribution in [-0.4, -0.2) is 22.9 Å². The number of carboxylic acids is 1. The Morgan fingerprint density at radius 1 is 1.43 bits per heavy atom. The van der Waals surface area contributed by atoms with Crippen LogP contribution in [0.1, 0.15) is 0 Å². The van der Waals surface area contributed by atoms with E-state index in [9.17, 15) is 4.79 Å². The van der Waals surface area contributed by atoms with Crippen LogP contribution in [0.15, 0.2) is 35.2 Å². The third kappa shape index (κ3) is 4.04. The predicted octanol–water partition coefficient (Wildman–Crippen LogP) is 1.84. The zero-order valence-corrected chi connectivity index (χ0v) is 9.05. The summed E-state index contributed by atoms with van der Waals surface area (Å²) in [5, 5.41) is 8.53. The molecule has 1 aromatic rings. The van der Waals surface area contributed by atoms with Gasteiger partial charge in [-0.1, -0.05) is 39.8 Å². The van der Waals surface area contributed by atoms with Crippen LogP contribution in [-0.2, 0) is 4.79 Å². The molecule has 0 amide bonds. The molecule has 14 heavy (non-hydrogen) atoms. The average molecular weight is 229 g/mol. The van der Waals surface area contributed by atoms with Crippen LogP contribution in [0, 0.1) is 0 Å². The van der Waals surface area contributed by atoms with Crippen molar-refractivity contribution >= 4 is 27.6 Å². The summed E-state index contributed by atoms with van der Waals surface area (Å²) in [6.07, 6.45) is 0. The highest BCUT2D eigenvalue weighted by atomic mass is 33.1. The number of carboxylic acid groups (broad SMARTS) is 1. The minimum absolute atomic E-state index is 0.412. The van der Waals surface area contributed by atoms with Gasteiger partial charge in [-0.15, -0.1) is 0 Å². The summed E-state index contributed by atoms with van der Waals surface area (Å²) in [5.41, 5.74) is 5.35. The second-order valence-electron chi connectivity index (χ2n) is 2.63. The summed E-state index contributed by atoms with van der Waals surface area (Å²) in [7, 11) is 2.99. The number of aliphatic carboxylic acids is 1. The van der Waals surface area contributed by atoms with Gasteiger partial charge in [0.2, 0.25) is 0 Å². The molecule has 3 N–H and O–H groups in total. The van der Waals surface area contributed by atoms with Crippen molar-refractivity contribution in [2.24, 2.45) is 5.73 Å². The molecule has 76 valence electrons. The molecular formula is C9H11NO2S2. The Hall–Kier alpha value is -0.650. The van der Waals surface area contributed by atoms with Crippen LogP contribution in [0.5, 0.6) is 0 Å². The Kier molecular flexibility index (Phi) is 4.86. The standard InChI is InChI=1S/C9H11NO2S2/c10-8(9(11)12)6-13-14-7-4-2-1-3-5-7/h1-5,8H,6,10H2,(H,11,12)/t8-/m0/s1. The zero-order chi connectivity index (χ0) is 10.4. The van der Waals surface area contributed by atoms with Gasteiger partial charge in [0.25, 0.3) is 0 Å². The highest BCUT2D eigenvalue weighted by Crippen LogP contribution is 2.30. The monoisotopic (exact) mass is 229 g/mol. The third-order valence-electron chi connectivity index (χ3n) is 1.46. The fourth-order valence-corrected chi connectivity index (χ4v) is 2.87. The van der Waals surface area contributed by atoms with Crippen LogP contribution in [0.25, 0.3) is 0 Å². The smallest absolute Gasteiger partial charge is 0.321 e. The third-order valence-corrected chi connectivity index (χ3v) is 3.88. The van der Waals surface area contributed by atoms with Crippen LogP contribution in [0.4, 0.5) is 0 Å². The van der Waals surface area contributed by atoms with Crippen LogP contribution < -0.4 is 5.73 Å². The van der Waals surface area contributed by atoms with Crippen molar-refractivity contribution in [2.75, 3.05) is 5.75 Å². The van der Waals surface area contributed by atoms with Gasteiger partial charge in [0.1, 0.15) is 6.04 Å². The molecule has 0 aromatic heterocycles. The molecule has 0 fully saturated rings. The van der Waals surface area contributed by atoms with Gasteiger partial charge < -0.3 is 10.8 Å². The van der Waals surface area contributed by atoms with Crippen molar-refractivity contribution in [1.82, 2.24) is 0 Å². The Balaban J connectivity index is 2.26. The van der Waals surface area contributed by atoms with E-state index in [1.165, 1.54) is 21.6 Å². The van der Waals surface area contributed by atoms with E-state index in [0.717, 1.165) is 4.90 Å². The first-order chi connectivity index (χ1) is 6.70.